The van der Waals surface area contributed by atoms with Gasteiger partial charge in [-0.1, -0.05) is 23.7 Å². The van der Waals surface area contributed by atoms with Gasteiger partial charge >= 0.3 is 0 Å². The third kappa shape index (κ3) is 5.07. The van der Waals surface area contributed by atoms with Crippen molar-refractivity contribution in [3.63, 3.8) is 0 Å². The number of nitriles is 1. The predicted molar refractivity (Wildman–Crippen MR) is 114 cm³/mol. The minimum absolute atomic E-state index is 0.0736. The van der Waals surface area contributed by atoms with Crippen LogP contribution in [0.2, 0.25) is 5.02 Å². The van der Waals surface area contributed by atoms with E-state index >= 15 is 0 Å². The lowest BCUT2D eigenvalue weighted by Gasteiger charge is -2.07. The molecule has 0 aliphatic carbocycles. The van der Waals surface area contributed by atoms with Gasteiger partial charge in [0.25, 0.3) is 5.91 Å². The highest BCUT2D eigenvalue weighted by Crippen LogP contribution is 2.29. The van der Waals surface area contributed by atoms with E-state index in [1.54, 1.807) is 36.4 Å². The summed E-state index contributed by atoms with van der Waals surface area (Å²) in [5.74, 6) is 1.12. The Balaban J connectivity index is 1.80. The number of rotatable bonds is 6. The van der Waals surface area contributed by atoms with Gasteiger partial charge in [0.1, 0.15) is 28.9 Å². The van der Waals surface area contributed by atoms with Crippen LogP contribution in [-0.4, -0.2) is 12.5 Å². The molecule has 0 saturated carbocycles. The van der Waals surface area contributed by atoms with Crippen molar-refractivity contribution in [3.05, 3.63) is 76.5 Å². The van der Waals surface area contributed by atoms with Crippen LogP contribution in [-0.2, 0) is 4.79 Å². The van der Waals surface area contributed by atoms with Gasteiger partial charge in [-0.25, -0.2) is 0 Å². The Hall–Kier alpha value is -3.49. The van der Waals surface area contributed by atoms with Crippen molar-refractivity contribution in [2.24, 2.45) is 0 Å². The number of amides is 1. The summed E-state index contributed by atoms with van der Waals surface area (Å²) in [6, 6.07) is 17.9. The molecule has 29 heavy (non-hydrogen) atoms. The molecule has 1 N–H and O–H groups in total. The van der Waals surface area contributed by atoms with E-state index in [2.05, 4.69) is 5.32 Å². The summed E-state index contributed by atoms with van der Waals surface area (Å²) in [5.41, 5.74) is 2.33. The molecule has 6 heteroatoms. The molecule has 0 aliphatic rings. The molecule has 0 fully saturated rings. The zero-order chi connectivity index (χ0) is 20.8. The maximum atomic E-state index is 12.5. The van der Waals surface area contributed by atoms with E-state index in [4.69, 9.17) is 20.8 Å². The van der Waals surface area contributed by atoms with Crippen molar-refractivity contribution in [2.45, 2.75) is 13.8 Å². The summed E-state index contributed by atoms with van der Waals surface area (Å²) < 4.78 is 11.2. The van der Waals surface area contributed by atoms with Gasteiger partial charge in [0.15, 0.2) is 0 Å². The molecular weight excluding hydrogens is 388 g/mol. The normalized spacial score (nSPS) is 11.0. The van der Waals surface area contributed by atoms with Crippen LogP contribution in [0.15, 0.2) is 64.6 Å². The molecule has 0 atom stereocenters. The van der Waals surface area contributed by atoms with Crippen LogP contribution < -0.4 is 10.1 Å². The highest BCUT2D eigenvalue weighted by molar-refractivity contribution is 6.30. The van der Waals surface area contributed by atoms with Crippen molar-refractivity contribution in [1.82, 2.24) is 0 Å². The molecule has 0 saturated heterocycles. The summed E-state index contributed by atoms with van der Waals surface area (Å²) in [4.78, 5) is 12.5. The lowest BCUT2D eigenvalue weighted by atomic mass is 10.1. The summed E-state index contributed by atoms with van der Waals surface area (Å²) in [6.07, 6.45) is 1.41. The lowest BCUT2D eigenvalue weighted by Crippen LogP contribution is -2.13. The average molecular weight is 407 g/mol. The smallest absolute Gasteiger partial charge is 0.266 e. The summed E-state index contributed by atoms with van der Waals surface area (Å²) in [6.45, 7) is 4.35. The fraction of sp³-hybridized carbons (Fsp3) is 0.130. The first-order chi connectivity index (χ1) is 14.0. The fourth-order valence-electron chi connectivity index (χ4n) is 2.75. The third-order valence-electron chi connectivity index (χ3n) is 4.15. The zero-order valence-electron chi connectivity index (χ0n) is 16.0. The van der Waals surface area contributed by atoms with E-state index in [1.165, 1.54) is 6.08 Å². The first-order valence-electron chi connectivity index (χ1n) is 9.02. The molecule has 0 unspecified atom stereocenters. The first kappa shape index (κ1) is 20.2. The molecular formula is C23H19ClN2O3. The highest BCUT2D eigenvalue weighted by atomic mass is 35.5. The van der Waals surface area contributed by atoms with Gasteiger partial charge in [0.05, 0.1) is 6.61 Å². The van der Waals surface area contributed by atoms with Crippen LogP contribution in [0.4, 0.5) is 5.69 Å². The number of carbonyl (C=O) groups is 1. The molecule has 0 aliphatic heterocycles. The second kappa shape index (κ2) is 9.13. The zero-order valence-corrected chi connectivity index (χ0v) is 16.8. The van der Waals surface area contributed by atoms with Gasteiger partial charge in [0.2, 0.25) is 0 Å². The van der Waals surface area contributed by atoms with Crippen LogP contribution in [0.25, 0.3) is 17.4 Å². The summed E-state index contributed by atoms with van der Waals surface area (Å²) in [7, 11) is 0. The standard InChI is InChI=1S/C23H19ClN2O3/c1-3-28-19-6-4-5-18(13-19)26-23(27)16(14-25)11-20-9-10-22(29-20)21-12-17(24)8-7-15(21)2/h4-13H,3H2,1-2H3,(H,26,27)/b16-11-. The van der Waals surface area contributed by atoms with E-state index in [1.807, 2.05) is 38.1 Å². The second-order valence-electron chi connectivity index (χ2n) is 6.25. The van der Waals surface area contributed by atoms with Gasteiger partial charge in [0, 0.05) is 28.4 Å². The number of ether oxygens (including phenoxy) is 1. The van der Waals surface area contributed by atoms with Crippen molar-refractivity contribution in [3.8, 4) is 23.1 Å². The van der Waals surface area contributed by atoms with Crippen molar-refractivity contribution in [1.29, 1.82) is 5.26 Å². The fourth-order valence-corrected chi connectivity index (χ4v) is 2.93. The molecule has 0 radical (unpaired) electrons. The number of nitrogens with one attached hydrogen (secondary N) is 1. The molecule has 0 bridgehead atoms. The molecule has 1 aromatic heterocycles. The molecule has 5 nitrogen and oxygen atoms in total. The highest BCUT2D eigenvalue weighted by Gasteiger charge is 2.13. The van der Waals surface area contributed by atoms with Crippen LogP contribution in [0.5, 0.6) is 5.75 Å². The lowest BCUT2D eigenvalue weighted by molar-refractivity contribution is -0.112. The van der Waals surface area contributed by atoms with Crippen molar-refractivity contribution < 1.29 is 13.9 Å². The summed E-state index contributed by atoms with van der Waals surface area (Å²) >= 11 is 6.07. The quantitative estimate of drug-likeness (QED) is 0.411. The van der Waals surface area contributed by atoms with Gasteiger partial charge < -0.3 is 14.5 Å². The Bertz CT molecular complexity index is 1110. The molecule has 3 aromatic rings. The molecule has 146 valence electrons. The van der Waals surface area contributed by atoms with E-state index in [-0.39, 0.29) is 5.57 Å². The Kier molecular flexibility index (Phi) is 6.38. The SMILES string of the molecule is CCOc1cccc(NC(=O)/C(C#N)=C\c2ccc(-c3cc(Cl)ccc3C)o2)c1. The van der Waals surface area contributed by atoms with Crippen molar-refractivity contribution >= 4 is 29.3 Å². The Morgan fingerprint density at radius 3 is 2.83 bits per heavy atom. The van der Waals surface area contributed by atoms with Gasteiger partial charge in [-0.05, 0) is 55.8 Å². The number of anilines is 1. The maximum absolute atomic E-state index is 12.5. The van der Waals surface area contributed by atoms with Crippen LogP contribution in [0.3, 0.4) is 0 Å². The van der Waals surface area contributed by atoms with Gasteiger partial charge in [-0.3, -0.25) is 4.79 Å². The second-order valence-corrected chi connectivity index (χ2v) is 6.68. The molecule has 2 aromatic carbocycles. The van der Waals surface area contributed by atoms with Crippen LogP contribution in [0.1, 0.15) is 18.2 Å². The molecule has 1 heterocycles. The number of halogens is 1. The summed E-state index contributed by atoms with van der Waals surface area (Å²) in [5, 5.41) is 12.7. The number of nitrogens with zero attached hydrogens (tertiary/aromatic N) is 1. The van der Waals surface area contributed by atoms with Gasteiger partial charge in [-0.2, -0.15) is 5.26 Å². The van der Waals surface area contributed by atoms with Crippen molar-refractivity contribution in [2.75, 3.05) is 11.9 Å². The predicted octanol–water partition coefficient (Wildman–Crippen LogP) is 5.85. The Morgan fingerprint density at radius 1 is 1.24 bits per heavy atom. The largest absolute Gasteiger partial charge is 0.494 e. The first-order valence-corrected chi connectivity index (χ1v) is 9.40. The number of furan rings is 1. The maximum Gasteiger partial charge on any atom is 0.266 e. The molecule has 0 spiro atoms. The number of carbonyl (C=O) groups excluding carboxylic acids is 1. The minimum atomic E-state index is -0.530. The monoisotopic (exact) mass is 406 g/mol. The Labute approximate surface area is 174 Å². The van der Waals surface area contributed by atoms with Crippen LogP contribution in [0, 0.1) is 18.3 Å². The Morgan fingerprint density at radius 2 is 2.07 bits per heavy atom. The van der Waals surface area contributed by atoms with Crippen LogP contribution >= 0.6 is 11.6 Å². The average Bonchev–Trinajstić information content (AvgIpc) is 3.17. The number of aryl methyl sites for hydroxylation is 1. The third-order valence-corrected chi connectivity index (χ3v) is 4.38. The van der Waals surface area contributed by atoms with E-state index in [0.29, 0.717) is 34.6 Å². The molecule has 1 amide bonds. The minimum Gasteiger partial charge on any atom is -0.494 e. The van der Waals surface area contributed by atoms with E-state index in [9.17, 15) is 10.1 Å². The number of hydrogen-bond acceptors (Lipinski definition) is 4. The van der Waals surface area contributed by atoms with E-state index < -0.39 is 5.91 Å². The number of hydrogen-bond donors (Lipinski definition) is 1. The van der Waals surface area contributed by atoms with Gasteiger partial charge in [-0.15, -0.1) is 0 Å². The topological polar surface area (TPSA) is 75.3 Å². The number of benzene rings is 2. The van der Waals surface area contributed by atoms with E-state index in [0.717, 1.165) is 11.1 Å². The molecule has 3 rings (SSSR count).